The topological polar surface area (TPSA) is 46.2 Å². The second-order valence-corrected chi connectivity index (χ2v) is 7.09. The molecule has 1 heterocycles. The van der Waals surface area contributed by atoms with Crippen molar-refractivity contribution in [1.82, 2.24) is 5.32 Å². The summed E-state index contributed by atoms with van der Waals surface area (Å²) in [5.74, 6) is 0.661. The molecule has 94 valence electrons. The van der Waals surface area contributed by atoms with Gasteiger partial charge < -0.3 is 5.32 Å². The third-order valence-electron chi connectivity index (χ3n) is 3.29. The highest BCUT2D eigenvalue weighted by Gasteiger charge is 2.34. The maximum Gasteiger partial charge on any atom is 0.150 e. The Bertz CT molecular complexity index is 501. The Hall–Kier alpha value is -0.580. The molecule has 1 aromatic carbocycles. The molecule has 5 heteroatoms. The van der Waals surface area contributed by atoms with Gasteiger partial charge in [-0.25, -0.2) is 8.42 Å². The molecule has 0 amide bonds. The lowest BCUT2D eigenvalue weighted by molar-refractivity contribution is 0.419. The van der Waals surface area contributed by atoms with Gasteiger partial charge in [0.25, 0.3) is 0 Å². The maximum absolute atomic E-state index is 11.5. The van der Waals surface area contributed by atoms with Crippen LogP contribution in [0.4, 0.5) is 0 Å². The van der Waals surface area contributed by atoms with E-state index in [1.165, 1.54) is 0 Å². The monoisotopic (exact) mass is 273 g/mol. The van der Waals surface area contributed by atoms with Crippen molar-refractivity contribution in [2.75, 3.05) is 18.6 Å². The van der Waals surface area contributed by atoms with Gasteiger partial charge in [0, 0.05) is 11.1 Å². The highest BCUT2D eigenvalue weighted by Crippen LogP contribution is 2.34. The number of hydrogen-bond acceptors (Lipinski definition) is 3. The third kappa shape index (κ3) is 2.81. The van der Waals surface area contributed by atoms with E-state index < -0.39 is 9.84 Å². The average Bonchev–Trinajstić information content (AvgIpc) is 2.63. The molecule has 0 radical (unpaired) electrons. The van der Waals surface area contributed by atoms with Crippen LogP contribution in [0, 0.1) is 5.92 Å². The summed E-state index contributed by atoms with van der Waals surface area (Å²) >= 11 is 6.16. The van der Waals surface area contributed by atoms with Gasteiger partial charge in [0.1, 0.15) is 0 Å². The van der Waals surface area contributed by atoms with Crippen LogP contribution in [0.15, 0.2) is 24.3 Å². The molecule has 1 fully saturated rings. The minimum Gasteiger partial charge on any atom is -0.313 e. The molecule has 2 unspecified atom stereocenters. The molecule has 0 spiro atoms. The molecule has 3 nitrogen and oxygen atoms in total. The first-order valence-electron chi connectivity index (χ1n) is 5.65. The predicted molar refractivity (Wildman–Crippen MR) is 70.0 cm³/mol. The quantitative estimate of drug-likeness (QED) is 0.917. The molecule has 0 bridgehead atoms. The number of halogens is 1. The first-order valence-corrected chi connectivity index (χ1v) is 7.85. The van der Waals surface area contributed by atoms with Crippen molar-refractivity contribution in [1.29, 1.82) is 0 Å². The SMILES string of the molecule is CNC(c1ccccc1Cl)C1CCS(=O)(=O)C1. The first-order chi connectivity index (χ1) is 8.03. The minimum absolute atomic E-state index is 0.0148. The summed E-state index contributed by atoms with van der Waals surface area (Å²) in [5.41, 5.74) is 0.985. The summed E-state index contributed by atoms with van der Waals surface area (Å²) in [6.07, 6.45) is 0.707. The van der Waals surface area contributed by atoms with E-state index in [0.29, 0.717) is 17.2 Å². The molecule has 2 atom stereocenters. The fourth-order valence-electron chi connectivity index (χ4n) is 2.46. The molecular formula is C12H16ClNO2S. The first kappa shape index (κ1) is 12.9. The van der Waals surface area contributed by atoms with E-state index in [9.17, 15) is 8.42 Å². The Morgan fingerprint density at radius 2 is 2.12 bits per heavy atom. The smallest absolute Gasteiger partial charge is 0.150 e. The van der Waals surface area contributed by atoms with E-state index >= 15 is 0 Å². The highest BCUT2D eigenvalue weighted by molar-refractivity contribution is 7.91. The zero-order valence-electron chi connectivity index (χ0n) is 9.69. The Labute approximate surface area is 107 Å². The predicted octanol–water partition coefficient (Wildman–Crippen LogP) is 2.04. The third-order valence-corrected chi connectivity index (χ3v) is 5.43. The Morgan fingerprint density at radius 3 is 2.65 bits per heavy atom. The van der Waals surface area contributed by atoms with Gasteiger partial charge in [-0.3, -0.25) is 0 Å². The number of nitrogens with one attached hydrogen (secondary N) is 1. The standard InChI is InChI=1S/C12H16ClNO2S/c1-14-12(9-6-7-17(15,16)8-9)10-4-2-3-5-11(10)13/h2-5,9,12,14H,6-8H2,1H3. The summed E-state index contributed by atoms with van der Waals surface area (Å²) < 4.78 is 23.0. The summed E-state index contributed by atoms with van der Waals surface area (Å²) in [6, 6.07) is 7.61. The number of benzene rings is 1. The van der Waals surface area contributed by atoms with Crippen LogP contribution in [0.25, 0.3) is 0 Å². The van der Waals surface area contributed by atoms with Crippen LogP contribution >= 0.6 is 11.6 Å². The number of sulfone groups is 1. The van der Waals surface area contributed by atoms with Crippen molar-refractivity contribution in [3.05, 3.63) is 34.9 Å². The van der Waals surface area contributed by atoms with Crippen molar-refractivity contribution >= 4 is 21.4 Å². The van der Waals surface area contributed by atoms with Gasteiger partial charge in [0.05, 0.1) is 11.5 Å². The summed E-state index contributed by atoms with van der Waals surface area (Å²) in [7, 11) is -1.01. The lowest BCUT2D eigenvalue weighted by Gasteiger charge is -2.23. The van der Waals surface area contributed by atoms with Crippen molar-refractivity contribution < 1.29 is 8.42 Å². The summed E-state index contributed by atoms with van der Waals surface area (Å²) in [4.78, 5) is 0. The molecule has 1 aliphatic rings. The van der Waals surface area contributed by atoms with Crippen molar-refractivity contribution in [2.45, 2.75) is 12.5 Å². The zero-order chi connectivity index (χ0) is 12.5. The fraction of sp³-hybridized carbons (Fsp3) is 0.500. The molecule has 17 heavy (non-hydrogen) atoms. The van der Waals surface area contributed by atoms with Crippen LogP contribution in [0.1, 0.15) is 18.0 Å². The Kier molecular flexibility index (Phi) is 3.76. The van der Waals surface area contributed by atoms with Gasteiger partial charge in [-0.1, -0.05) is 29.8 Å². The van der Waals surface area contributed by atoms with E-state index in [4.69, 9.17) is 11.6 Å². The molecular weight excluding hydrogens is 258 g/mol. The van der Waals surface area contributed by atoms with Crippen LogP contribution in [0.2, 0.25) is 5.02 Å². The number of rotatable bonds is 3. The van der Waals surface area contributed by atoms with E-state index in [1.807, 2.05) is 31.3 Å². The van der Waals surface area contributed by atoms with Crippen molar-refractivity contribution in [3.8, 4) is 0 Å². The average molecular weight is 274 g/mol. The lowest BCUT2D eigenvalue weighted by Crippen LogP contribution is -2.26. The maximum atomic E-state index is 11.5. The van der Waals surface area contributed by atoms with Gasteiger partial charge in [0.2, 0.25) is 0 Å². The van der Waals surface area contributed by atoms with Gasteiger partial charge in [-0.05, 0) is 31.0 Å². The van der Waals surface area contributed by atoms with Crippen LogP contribution in [0.5, 0.6) is 0 Å². The molecule has 0 aromatic heterocycles. The van der Waals surface area contributed by atoms with Gasteiger partial charge >= 0.3 is 0 Å². The van der Waals surface area contributed by atoms with Crippen LogP contribution in [-0.2, 0) is 9.84 Å². The van der Waals surface area contributed by atoms with Crippen LogP contribution in [0.3, 0.4) is 0 Å². The number of hydrogen-bond donors (Lipinski definition) is 1. The Balaban J connectivity index is 2.26. The second kappa shape index (κ2) is 4.96. The lowest BCUT2D eigenvalue weighted by atomic mass is 9.92. The van der Waals surface area contributed by atoms with Gasteiger partial charge in [-0.2, -0.15) is 0 Å². The molecule has 2 rings (SSSR count). The largest absolute Gasteiger partial charge is 0.313 e. The molecule has 1 N–H and O–H groups in total. The molecule has 0 saturated carbocycles. The normalized spacial score (nSPS) is 24.7. The van der Waals surface area contributed by atoms with Gasteiger partial charge in [-0.15, -0.1) is 0 Å². The molecule has 1 aromatic rings. The summed E-state index contributed by atoms with van der Waals surface area (Å²) in [5, 5.41) is 3.88. The second-order valence-electron chi connectivity index (χ2n) is 4.45. The van der Waals surface area contributed by atoms with E-state index in [2.05, 4.69) is 5.32 Å². The zero-order valence-corrected chi connectivity index (χ0v) is 11.3. The Morgan fingerprint density at radius 1 is 1.41 bits per heavy atom. The van der Waals surface area contributed by atoms with Crippen LogP contribution < -0.4 is 5.32 Å². The minimum atomic E-state index is -2.85. The van der Waals surface area contributed by atoms with E-state index in [1.54, 1.807) is 0 Å². The van der Waals surface area contributed by atoms with Crippen LogP contribution in [-0.4, -0.2) is 27.0 Å². The highest BCUT2D eigenvalue weighted by atomic mass is 35.5. The van der Waals surface area contributed by atoms with Gasteiger partial charge in [0.15, 0.2) is 9.84 Å². The molecule has 0 aliphatic carbocycles. The molecule has 1 aliphatic heterocycles. The van der Waals surface area contributed by atoms with E-state index in [0.717, 1.165) is 5.56 Å². The molecule has 1 saturated heterocycles. The fourth-order valence-corrected chi connectivity index (χ4v) is 4.55. The summed E-state index contributed by atoms with van der Waals surface area (Å²) in [6.45, 7) is 0. The van der Waals surface area contributed by atoms with Crippen molar-refractivity contribution in [2.24, 2.45) is 5.92 Å². The van der Waals surface area contributed by atoms with E-state index in [-0.39, 0.29) is 17.7 Å². The van der Waals surface area contributed by atoms with Crippen molar-refractivity contribution in [3.63, 3.8) is 0 Å².